The summed E-state index contributed by atoms with van der Waals surface area (Å²) in [6, 6.07) is 0. The van der Waals surface area contributed by atoms with Crippen molar-refractivity contribution in [3.8, 4) is 0 Å². The van der Waals surface area contributed by atoms with Crippen LogP contribution in [0.2, 0.25) is 0 Å². The summed E-state index contributed by atoms with van der Waals surface area (Å²) in [5.41, 5.74) is 0. The van der Waals surface area contributed by atoms with Crippen LogP contribution < -0.4 is 0 Å². The van der Waals surface area contributed by atoms with Gasteiger partial charge < -0.3 is 0 Å². The molecule has 46 valence electrons. The standard InChI is InChI=1S/CH4BNS5/c1-3-8(4)7-6-5-2/h2H,1H3. The van der Waals surface area contributed by atoms with Crippen LogP contribution in [0.5, 0.6) is 0 Å². The Bertz CT molecular complexity index is 282. The molecule has 0 N–H and O–H groups in total. The van der Waals surface area contributed by atoms with Crippen LogP contribution in [-0.2, 0) is 46.5 Å². The Hall–Kier alpha value is 0.965. The van der Waals surface area contributed by atoms with Crippen LogP contribution in [0.15, 0.2) is 4.36 Å². The summed E-state index contributed by atoms with van der Waals surface area (Å²) in [5.74, 6) is 0. The Balaban J connectivity index is 5.33. The maximum absolute atomic E-state index is 4.87. The van der Waals surface area contributed by atoms with Gasteiger partial charge in [0.05, 0.1) is 0 Å². The Kier molecular flexibility index (Phi) is 6.83. The summed E-state index contributed by atoms with van der Waals surface area (Å²) in [6.45, 7) is 3.57. The van der Waals surface area contributed by atoms with Gasteiger partial charge in [-0.15, -0.1) is 0 Å². The van der Waals surface area contributed by atoms with Crippen molar-refractivity contribution in [3.05, 3.63) is 0 Å². The third-order valence-electron chi connectivity index (χ3n) is 0.283. The van der Waals surface area contributed by atoms with E-state index in [0.717, 1.165) is 0 Å². The van der Waals surface area contributed by atoms with Crippen LogP contribution in [0.3, 0.4) is 0 Å². The van der Waals surface area contributed by atoms with Crippen LogP contribution in [0.25, 0.3) is 0 Å². The van der Waals surface area contributed by atoms with Gasteiger partial charge in [-0.1, -0.05) is 0 Å². The fourth-order valence-electron chi connectivity index (χ4n) is 0.0738. The first kappa shape index (κ1) is 8.96. The van der Waals surface area contributed by atoms with E-state index in [1.165, 1.54) is 9.75 Å². The van der Waals surface area contributed by atoms with Crippen molar-refractivity contribution < 1.29 is 0 Å². The number of nitrogens with zero attached hydrogens (tertiary/aromatic N) is 1. The second-order valence-corrected chi connectivity index (χ2v) is 8.46. The second-order valence-electron chi connectivity index (χ2n) is 0.654. The summed E-state index contributed by atoms with van der Waals surface area (Å²) >= 11 is 4.87. The fourth-order valence-corrected chi connectivity index (χ4v) is 6.17. The fraction of sp³-hybridized carbons (Fsp3) is 1.00. The van der Waals surface area contributed by atoms with Gasteiger partial charge in [-0.05, 0) is 0 Å². The molecule has 1 nitrogen and oxygen atoms in total. The molecule has 0 unspecified atom stereocenters. The summed E-state index contributed by atoms with van der Waals surface area (Å²) in [7, 11) is 6.09. The summed E-state index contributed by atoms with van der Waals surface area (Å²) in [6.07, 6.45) is 0. The van der Waals surface area contributed by atoms with E-state index in [0.29, 0.717) is 0 Å². The van der Waals surface area contributed by atoms with Gasteiger partial charge in [0.25, 0.3) is 0 Å². The molecule has 8 heavy (non-hydrogen) atoms. The third kappa shape index (κ3) is 5.11. The molecule has 0 aromatic carbocycles. The molecule has 0 saturated carbocycles. The molecule has 0 aromatic heterocycles. The van der Waals surface area contributed by atoms with Crippen molar-refractivity contribution in [2.24, 2.45) is 4.36 Å². The van der Waals surface area contributed by atoms with Crippen LogP contribution in [0.4, 0.5) is 0 Å². The van der Waals surface area contributed by atoms with Crippen molar-refractivity contribution in [3.63, 3.8) is 0 Å². The van der Waals surface area contributed by atoms with Crippen LogP contribution in [-0.4, -0.2) is 13.8 Å². The Morgan fingerprint density at radius 2 is 2.38 bits per heavy atom. The summed E-state index contributed by atoms with van der Waals surface area (Å²) < 4.78 is 3.87. The first-order valence-electron chi connectivity index (χ1n) is 1.59. The SMILES string of the molecule is B=S=S=S=S(=S)=NC. The van der Waals surface area contributed by atoms with Crippen molar-refractivity contribution in [1.29, 1.82) is 0 Å². The number of hydrogen-bond donors (Lipinski definition) is 0. The van der Waals surface area contributed by atoms with E-state index < -0.39 is 0 Å². The third-order valence-corrected chi connectivity index (χ3v) is 7.96. The van der Waals surface area contributed by atoms with Gasteiger partial charge >= 0.3 is 64.6 Å². The topological polar surface area (TPSA) is 12.4 Å². The molecule has 0 rings (SSSR count). The van der Waals surface area contributed by atoms with Gasteiger partial charge in [0.1, 0.15) is 0 Å². The van der Waals surface area contributed by atoms with Gasteiger partial charge in [-0.2, -0.15) is 0 Å². The van der Waals surface area contributed by atoms with Crippen LogP contribution in [0, 0.1) is 0 Å². The van der Waals surface area contributed by atoms with Crippen LogP contribution in [0.1, 0.15) is 0 Å². The number of hydrogen-bond acceptors (Lipinski definition) is 2. The minimum absolute atomic E-state index is 0.250. The molecule has 0 aliphatic carbocycles. The first-order valence-corrected chi connectivity index (χ1v) is 7.86. The van der Waals surface area contributed by atoms with Crippen molar-refractivity contribution in [1.82, 2.24) is 0 Å². The zero-order valence-corrected chi connectivity index (χ0v) is 8.28. The first-order chi connectivity index (χ1) is 3.81. The monoisotopic (exact) mass is 201 g/mol. The van der Waals surface area contributed by atoms with E-state index >= 15 is 0 Å². The van der Waals surface area contributed by atoms with Gasteiger partial charge in [-0.25, -0.2) is 0 Å². The zero-order valence-electron chi connectivity index (χ0n) is 4.20. The Morgan fingerprint density at radius 3 is 2.75 bits per heavy atom. The molecule has 0 aliphatic rings. The molecule has 0 heterocycles. The van der Waals surface area contributed by atoms with Gasteiger partial charge in [0, 0.05) is 0 Å². The van der Waals surface area contributed by atoms with Crippen molar-refractivity contribution in [2.45, 2.75) is 0 Å². The quantitative estimate of drug-likeness (QED) is 0.490. The molecule has 0 fully saturated rings. The van der Waals surface area contributed by atoms with Crippen LogP contribution >= 0.6 is 0 Å². The molecule has 0 radical (unpaired) electrons. The second kappa shape index (κ2) is 6.09. The van der Waals surface area contributed by atoms with Gasteiger partial charge in [0.2, 0.25) is 0 Å². The molecule has 0 spiro atoms. The molecular formula is CH4BNS5. The molecule has 0 aliphatic heterocycles. The molecule has 0 amide bonds. The van der Waals surface area contributed by atoms with Crippen molar-refractivity contribution >= 4 is 53.2 Å². The molecule has 0 saturated heterocycles. The van der Waals surface area contributed by atoms with E-state index in [4.69, 9.17) is 11.2 Å². The van der Waals surface area contributed by atoms with E-state index in [9.17, 15) is 0 Å². The van der Waals surface area contributed by atoms with E-state index in [2.05, 4.69) is 11.1 Å². The van der Waals surface area contributed by atoms with Gasteiger partial charge in [-0.3, -0.25) is 0 Å². The average Bonchev–Trinajstić information content (AvgIpc) is 1.83. The summed E-state index contributed by atoms with van der Waals surface area (Å²) in [4.78, 5) is 0. The van der Waals surface area contributed by atoms with Crippen molar-refractivity contribution in [2.75, 3.05) is 7.05 Å². The molecule has 7 heteroatoms. The minimum atomic E-state index is -0.250. The maximum atomic E-state index is 4.87. The van der Waals surface area contributed by atoms with Gasteiger partial charge in [0.15, 0.2) is 0 Å². The Labute approximate surface area is 64.3 Å². The van der Waals surface area contributed by atoms with E-state index in [1.807, 2.05) is 0 Å². The predicted molar refractivity (Wildman–Crippen MR) is 52.3 cm³/mol. The Morgan fingerprint density at radius 1 is 1.75 bits per heavy atom. The number of rotatable bonds is 0. The zero-order chi connectivity index (χ0) is 6.41. The molecular weight excluding hydrogens is 197 g/mol. The predicted octanol–water partition coefficient (Wildman–Crippen LogP) is -0.311. The molecule has 0 bridgehead atoms. The summed E-state index contributed by atoms with van der Waals surface area (Å²) in [5, 5.41) is 0. The molecule has 0 aromatic rings. The molecule has 0 atom stereocenters. The van der Waals surface area contributed by atoms with E-state index in [-0.39, 0.29) is 7.81 Å². The van der Waals surface area contributed by atoms with E-state index in [1.54, 1.807) is 24.8 Å². The normalized spacial score (nSPS) is 7.00. The average molecular weight is 201 g/mol.